The quantitative estimate of drug-likeness (QED) is 0.653. The second-order valence-corrected chi connectivity index (χ2v) is 9.55. The highest BCUT2D eigenvalue weighted by Gasteiger charge is 2.33. The largest absolute Gasteiger partial charge is 0.493 e. The second kappa shape index (κ2) is 7.73. The number of carbonyl (C=O) groups excluding carboxylic acids is 1. The molecule has 1 aromatic heterocycles. The first-order valence-corrected chi connectivity index (χ1v) is 11.5. The molecule has 2 aromatic carbocycles. The van der Waals surface area contributed by atoms with E-state index in [1.54, 1.807) is 22.9 Å². The van der Waals surface area contributed by atoms with Gasteiger partial charge in [0.25, 0.3) is 5.91 Å². The summed E-state index contributed by atoms with van der Waals surface area (Å²) in [5.74, 6) is 0.292. The van der Waals surface area contributed by atoms with E-state index in [-0.39, 0.29) is 17.1 Å². The molecule has 1 aliphatic heterocycles. The Labute approximate surface area is 180 Å². The Morgan fingerprint density at radius 3 is 2.52 bits per heavy atom. The molecule has 3 aromatic rings. The summed E-state index contributed by atoms with van der Waals surface area (Å²) in [4.78, 5) is 13.2. The molecule has 0 aliphatic carbocycles. The lowest BCUT2D eigenvalue weighted by atomic mass is 10.1. The summed E-state index contributed by atoms with van der Waals surface area (Å²) in [5, 5.41) is 7.38. The van der Waals surface area contributed by atoms with Gasteiger partial charge in [0.2, 0.25) is 0 Å². The minimum atomic E-state index is -3.29. The van der Waals surface area contributed by atoms with Crippen LogP contribution in [0.3, 0.4) is 0 Å². The molecule has 0 fully saturated rings. The van der Waals surface area contributed by atoms with Gasteiger partial charge >= 0.3 is 0 Å². The molecule has 1 amide bonds. The molecule has 4 rings (SSSR count). The number of amides is 1. The maximum atomic E-state index is 13.2. The van der Waals surface area contributed by atoms with Crippen LogP contribution in [0.25, 0.3) is 5.69 Å². The number of aromatic nitrogens is 2. The van der Waals surface area contributed by atoms with E-state index >= 15 is 0 Å². The van der Waals surface area contributed by atoms with Crippen molar-refractivity contribution in [3.63, 3.8) is 0 Å². The summed E-state index contributed by atoms with van der Waals surface area (Å²) in [6.07, 6.45) is 0. The Morgan fingerprint density at radius 1 is 1.06 bits per heavy atom. The monoisotopic (exact) mass is 441 g/mol. The lowest BCUT2D eigenvalue weighted by Gasteiger charge is -2.15. The van der Waals surface area contributed by atoms with Gasteiger partial charge in [-0.3, -0.25) is 4.79 Å². The lowest BCUT2D eigenvalue weighted by Crippen LogP contribution is -2.18. The molecule has 2 heterocycles. The summed E-state index contributed by atoms with van der Waals surface area (Å²) in [5.41, 5.74) is 4.15. The molecule has 0 saturated heterocycles. The molecular formula is C22H23N3O5S. The first-order chi connectivity index (χ1) is 14.7. The SMILES string of the molecule is COc1cccc(C(=O)Nc2c3c(nn2-c2ccc(C)c(C)c2)CS(=O)(=O)C3)c1OC. The van der Waals surface area contributed by atoms with E-state index in [0.717, 1.165) is 16.8 Å². The number of nitrogens with zero attached hydrogens (tertiary/aromatic N) is 2. The first kappa shape index (κ1) is 20.9. The van der Waals surface area contributed by atoms with Crippen LogP contribution in [-0.2, 0) is 21.3 Å². The number of hydrogen-bond donors (Lipinski definition) is 1. The van der Waals surface area contributed by atoms with Crippen molar-refractivity contribution in [2.75, 3.05) is 19.5 Å². The average Bonchev–Trinajstić information content (AvgIpc) is 3.21. The molecule has 31 heavy (non-hydrogen) atoms. The maximum absolute atomic E-state index is 13.2. The number of rotatable bonds is 5. The van der Waals surface area contributed by atoms with Crippen molar-refractivity contribution in [1.82, 2.24) is 9.78 Å². The van der Waals surface area contributed by atoms with Crippen LogP contribution in [0.1, 0.15) is 32.7 Å². The van der Waals surface area contributed by atoms with E-state index in [0.29, 0.717) is 28.6 Å². The Balaban J connectivity index is 1.81. The topological polar surface area (TPSA) is 99.5 Å². The minimum absolute atomic E-state index is 0.147. The number of nitrogens with one attached hydrogen (secondary N) is 1. The molecule has 0 atom stereocenters. The summed E-state index contributed by atoms with van der Waals surface area (Å²) in [7, 11) is -0.345. The summed E-state index contributed by atoms with van der Waals surface area (Å²) < 4.78 is 36.6. The highest BCUT2D eigenvalue weighted by Crippen LogP contribution is 2.35. The molecule has 0 unspecified atom stereocenters. The second-order valence-electron chi connectivity index (χ2n) is 7.48. The number of methoxy groups -OCH3 is 2. The summed E-state index contributed by atoms with van der Waals surface area (Å²) in [6, 6.07) is 10.8. The smallest absolute Gasteiger partial charge is 0.260 e. The number of ether oxygens (including phenoxy) is 2. The predicted molar refractivity (Wildman–Crippen MR) is 117 cm³/mol. The highest BCUT2D eigenvalue weighted by molar-refractivity contribution is 7.90. The van der Waals surface area contributed by atoms with Crippen LogP contribution in [-0.4, -0.2) is 38.3 Å². The fourth-order valence-electron chi connectivity index (χ4n) is 3.66. The van der Waals surface area contributed by atoms with E-state index in [1.165, 1.54) is 14.2 Å². The number of benzene rings is 2. The van der Waals surface area contributed by atoms with Crippen LogP contribution in [0.2, 0.25) is 0 Å². The number of aryl methyl sites for hydroxylation is 2. The zero-order valence-corrected chi connectivity index (χ0v) is 18.5. The van der Waals surface area contributed by atoms with Crippen molar-refractivity contribution in [3.05, 3.63) is 64.3 Å². The number of sulfone groups is 1. The highest BCUT2D eigenvalue weighted by atomic mass is 32.2. The van der Waals surface area contributed by atoms with Gasteiger partial charge in [0.15, 0.2) is 21.3 Å². The van der Waals surface area contributed by atoms with Crippen molar-refractivity contribution in [3.8, 4) is 17.2 Å². The predicted octanol–water partition coefficient (Wildman–Crippen LogP) is 3.19. The van der Waals surface area contributed by atoms with Gasteiger partial charge in [-0.1, -0.05) is 12.1 Å². The molecular weight excluding hydrogens is 418 g/mol. The van der Waals surface area contributed by atoms with Crippen LogP contribution in [0.4, 0.5) is 5.82 Å². The zero-order chi connectivity index (χ0) is 22.3. The van der Waals surface area contributed by atoms with Gasteiger partial charge in [-0.05, 0) is 49.2 Å². The van der Waals surface area contributed by atoms with Gasteiger partial charge in [-0.15, -0.1) is 0 Å². The number of fused-ring (bicyclic) bond motifs is 1. The Morgan fingerprint density at radius 2 is 1.84 bits per heavy atom. The van der Waals surface area contributed by atoms with Gasteiger partial charge in [0.1, 0.15) is 5.82 Å². The number of hydrogen-bond acceptors (Lipinski definition) is 6. The molecule has 0 spiro atoms. The van der Waals surface area contributed by atoms with Crippen molar-refractivity contribution in [2.24, 2.45) is 0 Å². The first-order valence-electron chi connectivity index (χ1n) is 9.65. The van der Waals surface area contributed by atoms with Crippen LogP contribution in [0, 0.1) is 13.8 Å². The van der Waals surface area contributed by atoms with Gasteiger partial charge in [0.05, 0.1) is 42.7 Å². The Kier molecular flexibility index (Phi) is 5.22. The molecule has 0 saturated carbocycles. The van der Waals surface area contributed by atoms with Crippen molar-refractivity contribution in [2.45, 2.75) is 25.4 Å². The van der Waals surface area contributed by atoms with E-state index in [9.17, 15) is 13.2 Å². The third kappa shape index (κ3) is 3.76. The van der Waals surface area contributed by atoms with Crippen LogP contribution < -0.4 is 14.8 Å². The number of anilines is 1. The van der Waals surface area contributed by atoms with E-state index in [1.807, 2.05) is 32.0 Å². The number of para-hydroxylation sites is 1. The van der Waals surface area contributed by atoms with Gasteiger partial charge in [-0.2, -0.15) is 5.10 Å². The Bertz CT molecular complexity index is 1290. The van der Waals surface area contributed by atoms with E-state index in [4.69, 9.17) is 9.47 Å². The minimum Gasteiger partial charge on any atom is -0.493 e. The standard InChI is InChI=1S/C22H23N3O5S/c1-13-8-9-15(10-14(13)2)25-21(17-11-31(27,28)12-18(17)24-25)23-22(26)16-6-5-7-19(29-3)20(16)30-4/h5-10H,11-12H2,1-4H3,(H,23,26). The molecule has 162 valence electrons. The molecule has 8 nitrogen and oxygen atoms in total. The molecule has 1 N–H and O–H groups in total. The zero-order valence-electron chi connectivity index (χ0n) is 17.7. The third-order valence-electron chi connectivity index (χ3n) is 5.40. The third-order valence-corrected chi connectivity index (χ3v) is 6.84. The fourth-order valence-corrected chi connectivity index (χ4v) is 5.15. The molecule has 1 aliphatic rings. The van der Waals surface area contributed by atoms with Gasteiger partial charge < -0.3 is 14.8 Å². The molecule has 9 heteroatoms. The van der Waals surface area contributed by atoms with E-state index in [2.05, 4.69) is 10.4 Å². The van der Waals surface area contributed by atoms with Crippen LogP contribution in [0.15, 0.2) is 36.4 Å². The lowest BCUT2D eigenvalue weighted by molar-refractivity contribution is 0.102. The normalized spacial score (nSPS) is 14.2. The maximum Gasteiger partial charge on any atom is 0.260 e. The van der Waals surface area contributed by atoms with Gasteiger partial charge in [-0.25, -0.2) is 13.1 Å². The molecule has 0 bridgehead atoms. The summed E-state index contributed by atoms with van der Waals surface area (Å²) >= 11 is 0. The summed E-state index contributed by atoms with van der Waals surface area (Å²) in [6.45, 7) is 3.99. The molecule has 0 radical (unpaired) electrons. The average molecular weight is 442 g/mol. The Hall–Kier alpha value is -3.33. The van der Waals surface area contributed by atoms with E-state index < -0.39 is 15.7 Å². The van der Waals surface area contributed by atoms with Crippen LogP contribution in [0.5, 0.6) is 11.5 Å². The van der Waals surface area contributed by atoms with Crippen molar-refractivity contribution in [1.29, 1.82) is 0 Å². The fraction of sp³-hybridized carbons (Fsp3) is 0.273. The number of carbonyl (C=O) groups is 1. The van der Waals surface area contributed by atoms with Crippen molar-refractivity contribution >= 4 is 21.6 Å². The van der Waals surface area contributed by atoms with Gasteiger partial charge in [0, 0.05) is 5.56 Å². The van der Waals surface area contributed by atoms with Crippen LogP contribution >= 0.6 is 0 Å². The van der Waals surface area contributed by atoms with Crippen molar-refractivity contribution < 1.29 is 22.7 Å².